The van der Waals surface area contributed by atoms with E-state index in [9.17, 15) is 4.79 Å². The van der Waals surface area contributed by atoms with Crippen LogP contribution in [-0.4, -0.2) is 10.9 Å². The molecule has 0 bridgehead atoms. The molecule has 0 aromatic carbocycles. The average molecular weight is 262 g/mol. The lowest BCUT2D eigenvalue weighted by Gasteiger charge is -1.99. The van der Waals surface area contributed by atoms with E-state index in [1.165, 1.54) is 11.3 Å². The van der Waals surface area contributed by atoms with Gasteiger partial charge in [0.2, 0.25) is 0 Å². The van der Waals surface area contributed by atoms with E-state index in [0.717, 1.165) is 24.3 Å². The number of rotatable bonds is 2. The number of fused-ring (bicyclic) bond motifs is 1. The molecule has 1 amide bonds. The minimum absolute atomic E-state index is 0.142. The Morgan fingerprint density at radius 3 is 2.94 bits per heavy atom. The number of furan rings is 1. The quantitative estimate of drug-likeness (QED) is 0.904. The Bertz CT molecular complexity index is 591. The number of nitrogens with one attached hydrogen (secondary N) is 1. The normalized spacial score (nSPS) is 13.7. The van der Waals surface area contributed by atoms with E-state index in [2.05, 4.69) is 10.3 Å². The second kappa shape index (κ2) is 4.24. The van der Waals surface area contributed by atoms with E-state index >= 15 is 0 Å². The molecule has 2 aromatic heterocycles. The van der Waals surface area contributed by atoms with Crippen LogP contribution in [0.25, 0.3) is 0 Å². The number of thiazole rings is 1. The molecular weight excluding hydrogens is 248 g/mol. The van der Waals surface area contributed by atoms with Crippen molar-refractivity contribution >= 4 is 22.4 Å². The maximum Gasteiger partial charge on any atom is 0.260 e. The zero-order valence-corrected chi connectivity index (χ0v) is 11.2. The van der Waals surface area contributed by atoms with E-state index in [-0.39, 0.29) is 5.91 Å². The molecule has 94 valence electrons. The zero-order valence-electron chi connectivity index (χ0n) is 10.4. The fourth-order valence-electron chi connectivity index (χ4n) is 2.26. The van der Waals surface area contributed by atoms with E-state index < -0.39 is 0 Å². The Balaban J connectivity index is 1.79. The van der Waals surface area contributed by atoms with E-state index in [4.69, 9.17) is 4.42 Å². The first-order valence-electron chi connectivity index (χ1n) is 6.00. The second-order valence-corrected chi connectivity index (χ2v) is 5.61. The van der Waals surface area contributed by atoms with Gasteiger partial charge in [0.25, 0.3) is 5.91 Å². The first-order valence-corrected chi connectivity index (χ1v) is 6.82. The van der Waals surface area contributed by atoms with Gasteiger partial charge in [-0.2, -0.15) is 0 Å². The maximum atomic E-state index is 12.1. The molecule has 2 heterocycles. The number of carbonyl (C=O) groups is 1. The fourth-order valence-corrected chi connectivity index (χ4v) is 3.31. The first kappa shape index (κ1) is 11.5. The van der Waals surface area contributed by atoms with Crippen molar-refractivity contribution in [3.63, 3.8) is 0 Å². The minimum atomic E-state index is -0.142. The minimum Gasteiger partial charge on any atom is -0.466 e. The summed E-state index contributed by atoms with van der Waals surface area (Å²) in [6.07, 6.45) is 3.31. The van der Waals surface area contributed by atoms with Crippen LogP contribution in [0.4, 0.5) is 5.13 Å². The van der Waals surface area contributed by atoms with Gasteiger partial charge in [-0.3, -0.25) is 10.1 Å². The van der Waals surface area contributed by atoms with E-state index in [1.54, 1.807) is 24.3 Å². The van der Waals surface area contributed by atoms with Crippen LogP contribution in [0, 0.1) is 13.8 Å². The van der Waals surface area contributed by atoms with Gasteiger partial charge in [-0.25, -0.2) is 4.98 Å². The summed E-state index contributed by atoms with van der Waals surface area (Å²) in [4.78, 5) is 17.8. The molecule has 0 radical (unpaired) electrons. The Kier molecular flexibility index (Phi) is 2.70. The topological polar surface area (TPSA) is 55.1 Å². The van der Waals surface area contributed by atoms with Crippen molar-refractivity contribution < 1.29 is 9.21 Å². The van der Waals surface area contributed by atoms with Crippen LogP contribution in [0.1, 0.15) is 38.9 Å². The highest BCUT2D eigenvalue weighted by molar-refractivity contribution is 7.15. The largest absolute Gasteiger partial charge is 0.466 e. The van der Waals surface area contributed by atoms with Crippen molar-refractivity contribution in [2.75, 3.05) is 5.32 Å². The molecule has 0 fully saturated rings. The molecule has 1 N–H and O–H groups in total. The van der Waals surface area contributed by atoms with Crippen molar-refractivity contribution in [3.8, 4) is 0 Å². The Morgan fingerprint density at radius 1 is 1.44 bits per heavy atom. The standard InChI is InChI=1S/C13H14N2O2S/c1-7-6-9(8(2)17-7)12(16)15-13-14-10-4-3-5-11(10)18-13/h6H,3-5H2,1-2H3,(H,14,15,16). The number of hydrogen-bond donors (Lipinski definition) is 1. The number of hydrogen-bond acceptors (Lipinski definition) is 4. The predicted molar refractivity (Wildman–Crippen MR) is 70.3 cm³/mol. The molecule has 1 aliphatic carbocycles. The van der Waals surface area contributed by atoms with E-state index in [1.807, 2.05) is 6.92 Å². The van der Waals surface area contributed by atoms with Gasteiger partial charge in [0.15, 0.2) is 5.13 Å². The highest BCUT2D eigenvalue weighted by Crippen LogP contribution is 2.30. The lowest BCUT2D eigenvalue weighted by molar-refractivity contribution is 0.102. The van der Waals surface area contributed by atoms with Crippen LogP contribution in [0.5, 0.6) is 0 Å². The third-order valence-electron chi connectivity index (χ3n) is 3.10. The van der Waals surface area contributed by atoms with Gasteiger partial charge in [-0.1, -0.05) is 0 Å². The molecule has 0 atom stereocenters. The summed E-state index contributed by atoms with van der Waals surface area (Å²) in [5.41, 5.74) is 1.73. The summed E-state index contributed by atoms with van der Waals surface area (Å²) >= 11 is 1.58. The fraction of sp³-hybridized carbons (Fsp3) is 0.385. The third-order valence-corrected chi connectivity index (χ3v) is 4.17. The number of aryl methyl sites for hydroxylation is 4. The van der Waals surface area contributed by atoms with Crippen molar-refractivity contribution in [2.24, 2.45) is 0 Å². The Hall–Kier alpha value is -1.62. The van der Waals surface area contributed by atoms with Gasteiger partial charge in [0.1, 0.15) is 11.5 Å². The monoisotopic (exact) mass is 262 g/mol. The molecule has 0 spiro atoms. The summed E-state index contributed by atoms with van der Waals surface area (Å²) in [7, 11) is 0. The van der Waals surface area contributed by atoms with Crippen LogP contribution < -0.4 is 5.32 Å². The smallest absolute Gasteiger partial charge is 0.260 e. The lowest BCUT2D eigenvalue weighted by atomic mass is 10.2. The molecule has 0 saturated carbocycles. The molecule has 0 aliphatic heterocycles. The van der Waals surface area contributed by atoms with Crippen LogP contribution in [0.2, 0.25) is 0 Å². The van der Waals surface area contributed by atoms with Gasteiger partial charge in [0, 0.05) is 4.88 Å². The maximum absolute atomic E-state index is 12.1. The van der Waals surface area contributed by atoms with Gasteiger partial charge in [-0.05, 0) is 39.2 Å². The van der Waals surface area contributed by atoms with Crippen LogP contribution >= 0.6 is 11.3 Å². The van der Waals surface area contributed by atoms with Crippen molar-refractivity contribution in [3.05, 3.63) is 33.7 Å². The number of amides is 1. The highest BCUT2D eigenvalue weighted by Gasteiger charge is 2.19. The van der Waals surface area contributed by atoms with Crippen LogP contribution in [-0.2, 0) is 12.8 Å². The van der Waals surface area contributed by atoms with Gasteiger partial charge >= 0.3 is 0 Å². The predicted octanol–water partition coefficient (Wildman–Crippen LogP) is 3.09. The Labute approximate surface area is 109 Å². The van der Waals surface area contributed by atoms with Crippen LogP contribution in [0.3, 0.4) is 0 Å². The molecule has 18 heavy (non-hydrogen) atoms. The number of aromatic nitrogens is 1. The zero-order chi connectivity index (χ0) is 12.7. The molecule has 2 aromatic rings. The molecule has 1 aliphatic rings. The average Bonchev–Trinajstić information content (AvgIpc) is 2.92. The molecular formula is C13H14N2O2S. The molecule has 3 rings (SSSR count). The molecule has 4 nitrogen and oxygen atoms in total. The van der Waals surface area contributed by atoms with Gasteiger partial charge < -0.3 is 4.42 Å². The summed E-state index contributed by atoms with van der Waals surface area (Å²) in [5, 5.41) is 3.55. The molecule has 5 heteroatoms. The van der Waals surface area contributed by atoms with Crippen molar-refractivity contribution in [2.45, 2.75) is 33.1 Å². The third kappa shape index (κ3) is 1.95. The SMILES string of the molecule is Cc1cc(C(=O)Nc2nc3c(s2)CCC3)c(C)o1. The molecule has 0 saturated heterocycles. The highest BCUT2D eigenvalue weighted by atomic mass is 32.1. The number of nitrogens with zero attached hydrogens (tertiary/aromatic N) is 1. The lowest BCUT2D eigenvalue weighted by Crippen LogP contribution is -2.12. The summed E-state index contributed by atoms with van der Waals surface area (Å²) < 4.78 is 5.36. The van der Waals surface area contributed by atoms with Gasteiger partial charge in [0.05, 0.1) is 11.3 Å². The summed E-state index contributed by atoms with van der Waals surface area (Å²) in [6.45, 7) is 3.63. The number of anilines is 1. The Morgan fingerprint density at radius 2 is 2.28 bits per heavy atom. The van der Waals surface area contributed by atoms with Gasteiger partial charge in [-0.15, -0.1) is 11.3 Å². The first-order chi connectivity index (χ1) is 8.63. The molecule has 0 unspecified atom stereocenters. The second-order valence-electron chi connectivity index (χ2n) is 4.52. The summed E-state index contributed by atoms with van der Waals surface area (Å²) in [6, 6.07) is 1.76. The van der Waals surface area contributed by atoms with Crippen molar-refractivity contribution in [1.29, 1.82) is 0 Å². The number of carbonyl (C=O) groups excluding carboxylic acids is 1. The van der Waals surface area contributed by atoms with Crippen LogP contribution in [0.15, 0.2) is 10.5 Å². The van der Waals surface area contributed by atoms with E-state index in [0.29, 0.717) is 16.5 Å². The summed E-state index contributed by atoms with van der Waals surface area (Å²) in [5.74, 6) is 1.25. The van der Waals surface area contributed by atoms with Crippen molar-refractivity contribution in [1.82, 2.24) is 4.98 Å².